The molecule has 2 heterocycles. The van der Waals surface area contributed by atoms with Gasteiger partial charge in [0.25, 0.3) is 0 Å². The number of thioether (sulfide) groups is 1. The smallest absolute Gasteiger partial charge is 0.232 e. The first kappa shape index (κ1) is 21.4. The van der Waals surface area contributed by atoms with Gasteiger partial charge < -0.3 is 5.32 Å². The molecule has 1 spiro atoms. The van der Waals surface area contributed by atoms with E-state index in [1.807, 2.05) is 25.1 Å². The van der Waals surface area contributed by atoms with Crippen molar-refractivity contribution in [3.8, 4) is 0 Å². The lowest BCUT2D eigenvalue weighted by atomic mass is 9.36. The minimum atomic E-state index is -0.496. The summed E-state index contributed by atoms with van der Waals surface area (Å²) in [5, 5.41) is 5.92. The second kappa shape index (κ2) is 7.67. The zero-order valence-corrected chi connectivity index (χ0v) is 20.2. The fourth-order valence-electron chi connectivity index (χ4n) is 6.91. The molecule has 0 bridgehead atoms. The molecular formula is C29H27N3OS. The highest BCUT2D eigenvalue weighted by Crippen LogP contribution is 2.79. The highest BCUT2D eigenvalue weighted by molar-refractivity contribution is 8.16. The first-order valence-electron chi connectivity index (χ1n) is 11.7. The molecule has 6 rings (SSSR count). The van der Waals surface area contributed by atoms with Crippen LogP contribution in [-0.4, -0.2) is 22.6 Å². The van der Waals surface area contributed by atoms with Gasteiger partial charge in [0.15, 0.2) is 5.17 Å². The lowest BCUT2D eigenvalue weighted by Gasteiger charge is -2.66. The lowest BCUT2D eigenvalue weighted by molar-refractivity contribution is -0.146. The van der Waals surface area contributed by atoms with Crippen molar-refractivity contribution in [1.82, 2.24) is 10.3 Å². The molecule has 1 aliphatic heterocycles. The molecule has 4 atom stereocenters. The molecule has 2 aromatic rings. The van der Waals surface area contributed by atoms with E-state index < -0.39 is 5.41 Å². The quantitative estimate of drug-likeness (QED) is 0.623. The van der Waals surface area contributed by atoms with Crippen molar-refractivity contribution in [2.24, 2.45) is 16.3 Å². The summed E-state index contributed by atoms with van der Waals surface area (Å²) in [6, 6.07) is 12.7. The van der Waals surface area contributed by atoms with Crippen LogP contribution in [0.2, 0.25) is 0 Å². The van der Waals surface area contributed by atoms with Crippen molar-refractivity contribution in [2.45, 2.75) is 31.6 Å². The summed E-state index contributed by atoms with van der Waals surface area (Å²) in [4.78, 5) is 22.5. The van der Waals surface area contributed by atoms with Crippen LogP contribution in [0.3, 0.4) is 0 Å². The van der Waals surface area contributed by atoms with Crippen LogP contribution in [0.1, 0.15) is 42.9 Å². The summed E-state index contributed by atoms with van der Waals surface area (Å²) in [7, 11) is 0. The monoisotopic (exact) mass is 465 g/mol. The van der Waals surface area contributed by atoms with Crippen molar-refractivity contribution in [3.63, 3.8) is 0 Å². The first-order valence-corrected chi connectivity index (χ1v) is 12.6. The average molecular weight is 466 g/mol. The Morgan fingerprint density at radius 2 is 2.00 bits per heavy atom. The minimum Gasteiger partial charge on any atom is -0.305 e. The zero-order valence-electron chi connectivity index (χ0n) is 19.4. The maximum atomic E-state index is 13.7. The molecule has 170 valence electrons. The van der Waals surface area contributed by atoms with E-state index in [-0.39, 0.29) is 17.2 Å². The fraction of sp³-hybridized carbons (Fsp3) is 0.276. The van der Waals surface area contributed by atoms with Crippen LogP contribution < -0.4 is 5.32 Å². The first-order chi connectivity index (χ1) is 16.5. The van der Waals surface area contributed by atoms with Crippen molar-refractivity contribution in [1.29, 1.82) is 0 Å². The maximum absolute atomic E-state index is 13.7. The van der Waals surface area contributed by atoms with Gasteiger partial charge in [-0.2, -0.15) is 0 Å². The third kappa shape index (κ3) is 2.70. The minimum absolute atomic E-state index is 0.0109. The second-order valence-electron chi connectivity index (χ2n) is 9.78. The number of amidine groups is 1. The van der Waals surface area contributed by atoms with Crippen molar-refractivity contribution in [3.05, 3.63) is 107 Å². The topological polar surface area (TPSA) is 54.4 Å². The number of aromatic nitrogens is 1. The number of fused-ring (bicyclic) bond motifs is 2. The van der Waals surface area contributed by atoms with Crippen molar-refractivity contribution < 1.29 is 4.79 Å². The molecule has 0 radical (unpaired) electrons. The van der Waals surface area contributed by atoms with Crippen LogP contribution in [0.25, 0.3) is 5.57 Å². The Morgan fingerprint density at radius 3 is 2.71 bits per heavy atom. The van der Waals surface area contributed by atoms with Gasteiger partial charge in [0, 0.05) is 29.6 Å². The van der Waals surface area contributed by atoms with Crippen LogP contribution in [0.15, 0.2) is 95.1 Å². The molecule has 5 heteroatoms. The predicted molar refractivity (Wildman–Crippen MR) is 139 cm³/mol. The molecule has 34 heavy (non-hydrogen) atoms. The number of carbonyl (C=O) groups is 1. The normalized spacial score (nSPS) is 30.9. The molecule has 4 aliphatic rings. The second-order valence-corrected chi connectivity index (χ2v) is 10.6. The van der Waals surface area contributed by atoms with Crippen LogP contribution in [0, 0.1) is 11.3 Å². The van der Waals surface area contributed by atoms with Gasteiger partial charge in [0.05, 0.1) is 12.0 Å². The van der Waals surface area contributed by atoms with Gasteiger partial charge in [-0.05, 0) is 64.3 Å². The number of carbonyl (C=O) groups excluding carboxylic acids is 1. The van der Waals surface area contributed by atoms with Crippen LogP contribution in [0.4, 0.5) is 0 Å². The Bertz CT molecular complexity index is 1340. The Kier molecular flexibility index (Phi) is 4.82. The number of hydrogen-bond acceptors (Lipinski definition) is 4. The van der Waals surface area contributed by atoms with Gasteiger partial charge in [-0.15, -0.1) is 0 Å². The zero-order chi connectivity index (χ0) is 23.5. The Hall–Kier alpha value is -3.18. The summed E-state index contributed by atoms with van der Waals surface area (Å²) < 4.78 is 0. The van der Waals surface area contributed by atoms with Crippen LogP contribution in [0.5, 0.6) is 0 Å². The number of allylic oxidation sites excluding steroid dienone is 5. The van der Waals surface area contributed by atoms with E-state index in [2.05, 4.69) is 70.6 Å². The third-order valence-corrected chi connectivity index (χ3v) is 8.97. The van der Waals surface area contributed by atoms with E-state index in [0.29, 0.717) is 17.6 Å². The number of rotatable bonds is 4. The lowest BCUT2D eigenvalue weighted by Crippen LogP contribution is -2.67. The Labute approximate surface area is 204 Å². The summed E-state index contributed by atoms with van der Waals surface area (Å²) in [5.74, 6) is 0.539. The number of benzene rings is 1. The summed E-state index contributed by atoms with van der Waals surface area (Å²) in [6.45, 7) is 8.87. The molecule has 4 unspecified atom stereocenters. The molecule has 1 saturated carbocycles. The van der Waals surface area contributed by atoms with E-state index in [4.69, 9.17) is 0 Å². The number of nitrogens with zero attached hydrogens (tertiary/aromatic N) is 2. The largest absolute Gasteiger partial charge is 0.305 e. The number of nitrogens with one attached hydrogen (secondary N) is 1. The van der Waals surface area contributed by atoms with E-state index in [1.165, 1.54) is 34.0 Å². The van der Waals surface area contributed by atoms with Gasteiger partial charge in [-0.25, -0.2) is 0 Å². The number of amides is 1. The molecule has 1 amide bonds. The standard InChI is InChI=1S/C29H27N3OS/c1-4-8-21-20(5-2)24-22-9-6-7-10-23(22)29(24)17-28(3,25(21)29)26(33)32-27-31-15-19(16-34-27)18-11-13-30-14-12-18/h4-14,16,24-25H,2,15,17H2,1,3H3,(H,31,32,33)/b8-4-. The molecule has 3 aliphatic carbocycles. The van der Waals surface area contributed by atoms with E-state index >= 15 is 0 Å². The number of pyridine rings is 1. The fourth-order valence-corrected chi connectivity index (χ4v) is 7.66. The SMILES string of the molecule is C=CC1=C(/C=C\C)C2C(C)(C(=O)NC3=NCC(c4ccncc4)=CS3)CC23c2ccccc2C13. The highest BCUT2D eigenvalue weighted by atomic mass is 32.2. The maximum Gasteiger partial charge on any atom is 0.232 e. The molecule has 1 N–H and O–H groups in total. The summed E-state index contributed by atoms with van der Waals surface area (Å²) >= 11 is 1.48. The Morgan fingerprint density at radius 1 is 1.21 bits per heavy atom. The number of aliphatic imine (C=N–C) groups is 1. The summed E-state index contributed by atoms with van der Waals surface area (Å²) in [6.07, 6.45) is 10.7. The molecule has 1 fully saturated rings. The molecule has 1 aromatic carbocycles. The summed E-state index contributed by atoms with van der Waals surface area (Å²) in [5.41, 5.74) is 7.11. The van der Waals surface area contributed by atoms with E-state index in [1.54, 1.807) is 12.4 Å². The van der Waals surface area contributed by atoms with Gasteiger partial charge in [0.2, 0.25) is 5.91 Å². The number of hydrogen-bond donors (Lipinski definition) is 1. The highest BCUT2D eigenvalue weighted by Gasteiger charge is 2.76. The van der Waals surface area contributed by atoms with Gasteiger partial charge in [-0.1, -0.05) is 67.8 Å². The molecule has 1 aromatic heterocycles. The third-order valence-electron chi connectivity index (χ3n) is 8.12. The van der Waals surface area contributed by atoms with Gasteiger partial charge in [-0.3, -0.25) is 14.8 Å². The molecule has 4 nitrogen and oxygen atoms in total. The van der Waals surface area contributed by atoms with Crippen molar-refractivity contribution >= 4 is 28.4 Å². The van der Waals surface area contributed by atoms with Crippen molar-refractivity contribution in [2.75, 3.05) is 6.54 Å². The molecule has 0 saturated heterocycles. The Balaban J connectivity index is 1.27. The van der Waals surface area contributed by atoms with Crippen LogP contribution in [-0.2, 0) is 10.2 Å². The predicted octanol–water partition coefficient (Wildman–Crippen LogP) is 5.78. The van der Waals surface area contributed by atoms with Gasteiger partial charge >= 0.3 is 0 Å². The van der Waals surface area contributed by atoms with Gasteiger partial charge in [0.1, 0.15) is 0 Å². The molecular weight excluding hydrogens is 438 g/mol. The van der Waals surface area contributed by atoms with E-state index in [0.717, 1.165) is 17.6 Å². The van der Waals surface area contributed by atoms with E-state index in [9.17, 15) is 4.79 Å². The average Bonchev–Trinajstić information content (AvgIpc) is 3.05. The van der Waals surface area contributed by atoms with Crippen LogP contribution >= 0.6 is 11.8 Å².